The summed E-state index contributed by atoms with van der Waals surface area (Å²) in [6.07, 6.45) is 6.65. The highest BCUT2D eigenvalue weighted by Crippen LogP contribution is 2.43. The van der Waals surface area contributed by atoms with Crippen LogP contribution in [0.2, 0.25) is 0 Å². The maximum atomic E-state index is 5.80. The molecule has 100 valence electrons. The molecule has 0 amide bonds. The number of piperidine rings is 3. The zero-order chi connectivity index (χ0) is 12.7. The predicted octanol–water partition coefficient (Wildman–Crippen LogP) is 1.66. The van der Waals surface area contributed by atoms with Gasteiger partial charge in [-0.1, -0.05) is 5.16 Å². The van der Waals surface area contributed by atoms with Crippen molar-refractivity contribution in [2.24, 2.45) is 11.1 Å². The SMILES string of the molecule is c1cncc(OC2=NOC3(C2)CN2CCC3CC2)c1. The number of ether oxygens (including phenoxy) is 1. The molecule has 0 radical (unpaired) electrons. The van der Waals surface area contributed by atoms with E-state index in [1.165, 1.54) is 25.9 Å². The molecule has 4 aliphatic rings. The molecule has 5 heterocycles. The lowest BCUT2D eigenvalue weighted by atomic mass is 9.74. The Hall–Kier alpha value is -1.62. The van der Waals surface area contributed by atoms with Crippen molar-refractivity contribution in [1.29, 1.82) is 0 Å². The number of aromatic nitrogens is 1. The van der Waals surface area contributed by atoms with Gasteiger partial charge in [0.1, 0.15) is 5.75 Å². The van der Waals surface area contributed by atoms with Gasteiger partial charge in [-0.15, -0.1) is 0 Å². The van der Waals surface area contributed by atoms with E-state index in [-0.39, 0.29) is 5.60 Å². The number of hydrogen-bond donors (Lipinski definition) is 0. The first-order valence-corrected chi connectivity index (χ1v) is 6.89. The largest absolute Gasteiger partial charge is 0.438 e. The first-order valence-electron chi connectivity index (χ1n) is 6.89. The molecule has 5 nitrogen and oxygen atoms in total. The van der Waals surface area contributed by atoms with E-state index in [2.05, 4.69) is 15.0 Å². The molecule has 0 saturated carbocycles. The molecule has 3 fully saturated rings. The third-order valence-electron chi connectivity index (χ3n) is 4.47. The van der Waals surface area contributed by atoms with Crippen molar-refractivity contribution in [3.63, 3.8) is 0 Å². The van der Waals surface area contributed by atoms with Crippen LogP contribution < -0.4 is 4.74 Å². The number of oxime groups is 1. The van der Waals surface area contributed by atoms with Gasteiger partial charge in [0.15, 0.2) is 5.60 Å². The molecule has 4 aliphatic heterocycles. The predicted molar refractivity (Wildman–Crippen MR) is 69.9 cm³/mol. The second kappa shape index (κ2) is 4.20. The minimum absolute atomic E-state index is 0.131. The van der Waals surface area contributed by atoms with Crippen molar-refractivity contribution < 1.29 is 9.57 Å². The molecule has 1 unspecified atom stereocenters. The van der Waals surface area contributed by atoms with E-state index in [1.807, 2.05) is 12.1 Å². The number of fused-ring (bicyclic) bond motifs is 2. The van der Waals surface area contributed by atoms with Gasteiger partial charge in [-0.2, -0.15) is 0 Å². The summed E-state index contributed by atoms with van der Waals surface area (Å²) in [7, 11) is 0. The highest BCUT2D eigenvalue weighted by molar-refractivity contribution is 5.80. The van der Waals surface area contributed by atoms with E-state index in [1.54, 1.807) is 12.4 Å². The molecular formula is C14H17N3O2. The van der Waals surface area contributed by atoms with E-state index in [0.29, 0.717) is 11.8 Å². The Morgan fingerprint density at radius 2 is 2.26 bits per heavy atom. The van der Waals surface area contributed by atoms with Crippen molar-refractivity contribution in [3.05, 3.63) is 24.5 Å². The standard InChI is InChI=1S/C14H17N3O2/c1-2-12(9-15-5-1)18-13-8-14(19-16-13)10-17-6-3-11(14)4-7-17/h1-2,5,9,11H,3-4,6-8,10H2. The van der Waals surface area contributed by atoms with Gasteiger partial charge in [0.2, 0.25) is 5.90 Å². The summed E-state index contributed by atoms with van der Waals surface area (Å²) < 4.78 is 5.75. The minimum Gasteiger partial charge on any atom is -0.438 e. The molecule has 3 saturated heterocycles. The summed E-state index contributed by atoms with van der Waals surface area (Å²) >= 11 is 0. The second-order valence-corrected chi connectivity index (χ2v) is 5.66. The van der Waals surface area contributed by atoms with E-state index >= 15 is 0 Å². The fraction of sp³-hybridized carbons (Fsp3) is 0.571. The smallest absolute Gasteiger partial charge is 0.235 e. The molecule has 1 aromatic rings. The van der Waals surface area contributed by atoms with Crippen LogP contribution in [0, 0.1) is 5.92 Å². The third kappa shape index (κ3) is 1.89. The molecule has 0 aliphatic carbocycles. The molecule has 0 N–H and O–H groups in total. The van der Waals surface area contributed by atoms with Gasteiger partial charge in [0.25, 0.3) is 0 Å². The summed E-state index contributed by atoms with van der Waals surface area (Å²) in [4.78, 5) is 12.3. The minimum atomic E-state index is -0.131. The Balaban J connectivity index is 1.48. The Morgan fingerprint density at radius 1 is 1.37 bits per heavy atom. The van der Waals surface area contributed by atoms with Crippen LogP contribution in [-0.4, -0.2) is 41.0 Å². The van der Waals surface area contributed by atoms with Crippen LogP contribution >= 0.6 is 0 Å². The Bertz CT molecular complexity index is 497. The van der Waals surface area contributed by atoms with Crippen molar-refractivity contribution in [3.8, 4) is 5.75 Å². The third-order valence-corrected chi connectivity index (χ3v) is 4.47. The van der Waals surface area contributed by atoms with Crippen molar-refractivity contribution in [2.75, 3.05) is 19.6 Å². The Kier molecular flexibility index (Phi) is 2.48. The first-order chi connectivity index (χ1) is 9.34. The Morgan fingerprint density at radius 3 is 2.95 bits per heavy atom. The van der Waals surface area contributed by atoms with Crippen molar-refractivity contribution in [2.45, 2.75) is 24.9 Å². The molecule has 1 aromatic heterocycles. The fourth-order valence-corrected chi connectivity index (χ4v) is 3.49. The number of pyridine rings is 1. The lowest BCUT2D eigenvalue weighted by Crippen LogP contribution is -2.59. The summed E-state index contributed by atoms with van der Waals surface area (Å²) in [5.41, 5.74) is -0.131. The maximum absolute atomic E-state index is 5.80. The van der Waals surface area contributed by atoms with Gasteiger partial charge in [-0.25, -0.2) is 0 Å². The van der Waals surface area contributed by atoms with Crippen molar-refractivity contribution in [1.82, 2.24) is 9.88 Å². The zero-order valence-electron chi connectivity index (χ0n) is 10.8. The van der Waals surface area contributed by atoms with Crippen LogP contribution in [0.1, 0.15) is 19.3 Å². The van der Waals surface area contributed by atoms with Crippen LogP contribution in [0.15, 0.2) is 29.7 Å². The van der Waals surface area contributed by atoms with Gasteiger partial charge < -0.3 is 9.57 Å². The van der Waals surface area contributed by atoms with Gasteiger partial charge in [-0.05, 0) is 38.1 Å². The van der Waals surface area contributed by atoms with Gasteiger partial charge >= 0.3 is 0 Å². The van der Waals surface area contributed by atoms with Gasteiger partial charge in [0.05, 0.1) is 12.6 Å². The lowest BCUT2D eigenvalue weighted by Gasteiger charge is -2.49. The van der Waals surface area contributed by atoms with Crippen molar-refractivity contribution >= 4 is 5.90 Å². The van der Waals surface area contributed by atoms with Gasteiger partial charge in [-0.3, -0.25) is 9.88 Å². The number of rotatable bonds is 1. The summed E-state index contributed by atoms with van der Waals surface area (Å²) in [5, 5.41) is 4.17. The monoisotopic (exact) mass is 259 g/mol. The highest BCUT2D eigenvalue weighted by atomic mass is 16.7. The first kappa shape index (κ1) is 11.2. The number of nitrogens with zero attached hydrogens (tertiary/aromatic N) is 3. The maximum Gasteiger partial charge on any atom is 0.235 e. The van der Waals surface area contributed by atoms with Crippen LogP contribution in [0.3, 0.4) is 0 Å². The topological polar surface area (TPSA) is 47.0 Å². The van der Waals surface area contributed by atoms with Crippen LogP contribution in [0.4, 0.5) is 0 Å². The van der Waals surface area contributed by atoms with Crippen LogP contribution in [0.5, 0.6) is 5.75 Å². The lowest BCUT2D eigenvalue weighted by molar-refractivity contribution is -0.136. The molecule has 5 heteroatoms. The molecule has 5 rings (SSSR count). The average Bonchev–Trinajstić information content (AvgIpc) is 2.84. The molecule has 2 bridgehead atoms. The molecule has 1 atom stereocenters. The second-order valence-electron chi connectivity index (χ2n) is 5.66. The molecule has 0 aromatic carbocycles. The number of hydrogen-bond acceptors (Lipinski definition) is 5. The Labute approximate surface area is 112 Å². The molecular weight excluding hydrogens is 242 g/mol. The summed E-state index contributed by atoms with van der Waals surface area (Å²) in [6.45, 7) is 3.39. The van der Waals surface area contributed by atoms with E-state index in [9.17, 15) is 0 Å². The molecule has 19 heavy (non-hydrogen) atoms. The fourth-order valence-electron chi connectivity index (χ4n) is 3.49. The highest BCUT2D eigenvalue weighted by Gasteiger charge is 2.53. The van der Waals surface area contributed by atoms with E-state index < -0.39 is 0 Å². The van der Waals surface area contributed by atoms with Crippen LogP contribution in [0.25, 0.3) is 0 Å². The summed E-state index contributed by atoms with van der Waals surface area (Å²) in [6, 6.07) is 3.74. The van der Waals surface area contributed by atoms with Crippen LogP contribution in [-0.2, 0) is 4.84 Å². The molecule has 1 spiro atoms. The average molecular weight is 259 g/mol. The van der Waals surface area contributed by atoms with E-state index in [0.717, 1.165) is 18.7 Å². The van der Waals surface area contributed by atoms with E-state index in [4.69, 9.17) is 9.57 Å². The normalized spacial score (nSPS) is 36.1. The zero-order valence-corrected chi connectivity index (χ0v) is 10.8. The summed E-state index contributed by atoms with van der Waals surface area (Å²) in [5.74, 6) is 2.03. The quantitative estimate of drug-likeness (QED) is 0.769. The van der Waals surface area contributed by atoms with Gasteiger partial charge in [0, 0.05) is 18.7 Å².